The van der Waals surface area contributed by atoms with E-state index in [1.54, 1.807) is 11.3 Å². The normalized spacial score (nSPS) is 11.6. The Morgan fingerprint density at radius 3 is 0.845 bits per heavy atom. The highest BCUT2D eigenvalue weighted by Gasteiger charge is 2.52. The number of rotatable bonds is 6. The lowest BCUT2D eigenvalue weighted by molar-refractivity contribution is -0.683. The number of aryl methyl sites for hydroxylation is 1. The number of halogens is 20. The van der Waals surface area contributed by atoms with Crippen LogP contribution in [0, 0.1) is 123 Å². The van der Waals surface area contributed by atoms with Gasteiger partial charge in [-0.2, -0.15) is 4.57 Å². The lowest BCUT2D eigenvalue weighted by atomic mass is 9.12. The second-order valence-electron chi connectivity index (χ2n) is 12.0. The van der Waals surface area contributed by atoms with Crippen LogP contribution in [-0.2, 0) is 6.54 Å². The Hall–Kier alpha value is -5.61. The minimum absolute atomic E-state index is 0.976. The molecule has 0 aliphatic heterocycles. The van der Waals surface area contributed by atoms with E-state index in [9.17, 15) is 52.7 Å². The van der Waals surface area contributed by atoms with E-state index in [2.05, 4.69) is 52.8 Å². The van der Waals surface area contributed by atoms with E-state index in [4.69, 9.17) is 0 Å². The molecule has 1 nitrogen and oxygen atoms in total. The molecule has 0 spiro atoms. The van der Waals surface area contributed by atoms with Crippen LogP contribution >= 0.6 is 11.3 Å². The average Bonchev–Trinajstić information content (AvgIpc) is 3.72. The van der Waals surface area contributed by atoms with Crippen molar-refractivity contribution in [2.45, 2.75) is 13.5 Å². The molecule has 0 saturated carbocycles. The van der Waals surface area contributed by atoms with Gasteiger partial charge in [-0.15, -0.1) is 21.9 Å². The standard InChI is InChI=1S/C24BF20.C11H12NS/c26-5-1(6(27)14(35)21(42)13(5)34)25(2-7(28)15(36)22(43)16(37)8(2)29,3-9(30)17(38)23(44)18(39)10(3)31)4-11(32)19(40)24(45)20(41)12(4)33;1-10-2-4-11(5-3-10)8-12-6-7-13-9-12/h;2-7,9H,8H2,1H3/q-1;+1. The second kappa shape index (κ2) is 16.0. The van der Waals surface area contributed by atoms with Crippen LogP contribution in [0.15, 0.2) is 41.4 Å². The Morgan fingerprint density at radius 1 is 0.379 bits per heavy atom. The summed E-state index contributed by atoms with van der Waals surface area (Å²) in [6.07, 6.45) is -5.12. The summed E-state index contributed by atoms with van der Waals surface area (Å²) in [5, 5.41) is 2.09. The zero-order valence-corrected chi connectivity index (χ0v) is 28.6. The average molecular weight is 869 g/mol. The molecule has 0 N–H and O–H groups in total. The molecule has 6 aromatic rings. The first-order chi connectivity index (χ1) is 27.0. The molecule has 0 amide bonds. The van der Waals surface area contributed by atoms with Crippen LogP contribution in [0.3, 0.4) is 0 Å². The predicted octanol–water partition coefficient (Wildman–Crippen LogP) is 8.24. The van der Waals surface area contributed by atoms with E-state index < -0.39 is 144 Å². The quantitative estimate of drug-likeness (QED) is 0.0523. The van der Waals surface area contributed by atoms with Crippen molar-refractivity contribution in [2.24, 2.45) is 0 Å². The van der Waals surface area contributed by atoms with Crippen LogP contribution in [0.5, 0.6) is 0 Å². The zero-order chi connectivity index (χ0) is 43.5. The van der Waals surface area contributed by atoms with E-state index in [0.717, 1.165) is 6.54 Å². The smallest absolute Gasteiger partial charge is 0.207 e. The number of hydrogen-bond donors (Lipinski definition) is 0. The molecule has 0 aliphatic carbocycles. The van der Waals surface area contributed by atoms with Crippen molar-refractivity contribution in [3.8, 4) is 0 Å². The van der Waals surface area contributed by atoms with Gasteiger partial charge in [0.05, 0.1) is 5.38 Å². The van der Waals surface area contributed by atoms with E-state index in [1.165, 1.54) is 11.1 Å². The van der Waals surface area contributed by atoms with E-state index >= 15 is 35.1 Å². The fraction of sp³-hybridized carbons (Fsp3) is 0.0571. The van der Waals surface area contributed by atoms with Gasteiger partial charge in [0.15, 0.2) is 82.5 Å². The fourth-order valence-electron chi connectivity index (χ4n) is 6.13. The Morgan fingerprint density at radius 2 is 0.621 bits per heavy atom. The van der Waals surface area contributed by atoms with Crippen molar-refractivity contribution in [1.82, 2.24) is 0 Å². The maximum absolute atomic E-state index is 15.4. The molecule has 1 aromatic heterocycles. The summed E-state index contributed by atoms with van der Waals surface area (Å²) in [4.78, 5) is 0. The van der Waals surface area contributed by atoms with Gasteiger partial charge in [-0.3, -0.25) is 0 Å². The number of thiazole rings is 1. The largest absolute Gasteiger partial charge is 0.224 e. The zero-order valence-electron chi connectivity index (χ0n) is 27.7. The molecular weight excluding hydrogens is 857 g/mol. The van der Waals surface area contributed by atoms with Crippen LogP contribution in [0.25, 0.3) is 0 Å². The third-order valence-electron chi connectivity index (χ3n) is 8.72. The number of hydrogen-bond acceptors (Lipinski definition) is 1. The van der Waals surface area contributed by atoms with Crippen molar-refractivity contribution in [2.75, 3.05) is 0 Å². The molecule has 1 heterocycles. The van der Waals surface area contributed by atoms with Crippen LogP contribution in [-0.4, -0.2) is 6.15 Å². The van der Waals surface area contributed by atoms with Crippen molar-refractivity contribution in [1.29, 1.82) is 0 Å². The Bertz CT molecular complexity index is 2210. The van der Waals surface area contributed by atoms with Gasteiger partial charge in [0, 0.05) is 5.56 Å². The number of nitrogens with zero attached hydrogens (tertiary/aromatic N) is 1. The first-order valence-corrected chi connectivity index (χ1v) is 16.2. The minimum atomic E-state index is -7.22. The Kier molecular flexibility index (Phi) is 12.0. The van der Waals surface area contributed by atoms with Crippen LogP contribution < -0.4 is 26.4 Å². The molecule has 23 heteroatoms. The third kappa shape index (κ3) is 6.71. The van der Waals surface area contributed by atoms with Gasteiger partial charge in [0.25, 0.3) is 0 Å². The first kappa shape index (κ1) is 43.5. The van der Waals surface area contributed by atoms with E-state index in [0.29, 0.717) is 0 Å². The molecule has 0 aliphatic rings. The van der Waals surface area contributed by atoms with Crippen molar-refractivity contribution in [3.63, 3.8) is 0 Å². The fourth-order valence-corrected chi connectivity index (χ4v) is 6.73. The molecule has 0 saturated heterocycles. The lowest BCUT2D eigenvalue weighted by Gasteiger charge is -2.44. The summed E-state index contributed by atoms with van der Waals surface area (Å²) < 4.78 is 296. The molecule has 58 heavy (non-hydrogen) atoms. The van der Waals surface area contributed by atoms with Gasteiger partial charge in [-0.25, -0.2) is 87.8 Å². The van der Waals surface area contributed by atoms with Crippen molar-refractivity contribution < 1.29 is 92.4 Å². The summed E-state index contributed by atoms with van der Waals surface area (Å²) in [6.45, 7) is 3.09. The maximum Gasteiger partial charge on any atom is 0.224 e. The van der Waals surface area contributed by atoms with E-state index in [1.807, 2.05) is 0 Å². The molecule has 5 aromatic carbocycles. The topological polar surface area (TPSA) is 3.88 Å². The summed E-state index contributed by atoms with van der Waals surface area (Å²) in [5.41, 5.74) is -9.53. The highest BCUT2D eigenvalue weighted by Crippen LogP contribution is 2.30. The lowest BCUT2D eigenvalue weighted by Crippen LogP contribution is -2.81. The van der Waals surface area contributed by atoms with Crippen LogP contribution in [0.4, 0.5) is 87.8 Å². The summed E-state index contributed by atoms with van der Waals surface area (Å²) in [7, 11) is 0. The molecule has 306 valence electrons. The third-order valence-corrected chi connectivity index (χ3v) is 9.39. The van der Waals surface area contributed by atoms with Crippen LogP contribution in [0.1, 0.15) is 11.1 Å². The molecule has 6 rings (SSSR count). The highest BCUT2D eigenvalue weighted by molar-refractivity contribution is 7.20. The van der Waals surface area contributed by atoms with Gasteiger partial charge in [-0.05, 0) is 6.92 Å². The monoisotopic (exact) mass is 869 g/mol. The Balaban J connectivity index is 0.000000414. The minimum Gasteiger partial charge on any atom is -0.207 e. The van der Waals surface area contributed by atoms with Crippen molar-refractivity contribution in [3.05, 3.63) is 169 Å². The highest BCUT2D eigenvalue weighted by atomic mass is 32.1. The predicted molar refractivity (Wildman–Crippen MR) is 164 cm³/mol. The van der Waals surface area contributed by atoms with Gasteiger partial charge in [-0.1, -0.05) is 41.2 Å². The van der Waals surface area contributed by atoms with Gasteiger partial charge in [0.2, 0.25) is 5.51 Å². The maximum atomic E-state index is 15.4. The second-order valence-corrected chi connectivity index (χ2v) is 12.7. The Labute approximate surface area is 313 Å². The van der Waals surface area contributed by atoms with Gasteiger partial charge in [0.1, 0.15) is 52.7 Å². The van der Waals surface area contributed by atoms with Crippen molar-refractivity contribution >= 4 is 39.3 Å². The molecule has 0 radical (unpaired) electrons. The van der Waals surface area contributed by atoms with Crippen LogP contribution in [0.2, 0.25) is 0 Å². The molecule has 0 bridgehead atoms. The SMILES string of the molecule is Cc1ccc(C[n+]2ccsc2)cc1.Fc1c(F)c(F)c([B-](c2c(F)c(F)c(F)c(F)c2F)(c2c(F)c(F)c(F)c(F)c2F)c2c(F)c(F)c(F)c(F)c2F)c(F)c1F. The molecular formula is C35H12BF20NS. The number of benzene rings is 5. The molecule has 0 unspecified atom stereocenters. The van der Waals surface area contributed by atoms with Gasteiger partial charge < -0.3 is 0 Å². The van der Waals surface area contributed by atoms with E-state index in [-0.39, 0.29) is 0 Å². The van der Waals surface area contributed by atoms with Gasteiger partial charge >= 0.3 is 0 Å². The summed E-state index contributed by atoms with van der Waals surface area (Å²) in [6, 6.07) is 8.67. The molecule has 0 atom stereocenters. The summed E-state index contributed by atoms with van der Waals surface area (Å²) >= 11 is 1.72. The first-order valence-electron chi connectivity index (χ1n) is 15.2. The number of aromatic nitrogens is 1. The summed E-state index contributed by atoms with van der Waals surface area (Å²) in [5.74, 6) is -71.4. The molecule has 0 fully saturated rings.